The number of pyridine rings is 2. The van der Waals surface area contributed by atoms with E-state index in [1.165, 1.54) is 6.07 Å². The summed E-state index contributed by atoms with van der Waals surface area (Å²) in [5.74, 6) is 0.379. The molecule has 36 heavy (non-hydrogen) atoms. The zero-order chi connectivity index (χ0) is 25.3. The standard InChI is InChI=1S/C26H34ClFN6O2/c1-35-11-9-30-18-2-4-19(5-3-18)33-25-13-21(22(27)16-31-25)24-7-6-23(28)26(34-24)32-15-20-12-17(14-29)8-10-36-20/h6-7,13,16-20,30H,2-5,8-12,15H2,1H3,(H,31,33)(H,32,34). The summed E-state index contributed by atoms with van der Waals surface area (Å²) in [6, 6.07) is 8.02. The molecule has 2 aromatic heterocycles. The molecule has 2 aromatic rings. The maximum Gasteiger partial charge on any atom is 0.165 e. The largest absolute Gasteiger partial charge is 0.383 e. The van der Waals surface area contributed by atoms with Crippen LogP contribution in [-0.4, -0.2) is 61.6 Å². The van der Waals surface area contributed by atoms with Gasteiger partial charge in [0.15, 0.2) is 11.6 Å². The molecule has 0 spiro atoms. The Morgan fingerprint density at radius 3 is 2.81 bits per heavy atom. The Bertz CT molecular complexity index is 1040. The van der Waals surface area contributed by atoms with Crippen molar-refractivity contribution >= 4 is 23.2 Å². The lowest BCUT2D eigenvalue weighted by atomic mass is 9.91. The van der Waals surface area contributed by atoms with Crippen molar-refractivity contribution < 1.29 is 13.9 Å². The Labute approximate surface area is 216 Å². The minimum absolute atomic E-state index is 0.0294. The van der Waals surface area contributed by atoms with E-state index in [-0.39, 0.29) is 17.8 Å². The minimum atomic E-state index is -0.453. The van der Waals surface area contributed by atoms with Gasteiger partial charge < -0.3 is 25.4 Å². The maximum atomic E-state index is 14.5. The van der Waals surface area contributed by atoms with E-state index in [1.54, 1.807) is 19.4 Å². The van der Waals surface area contributed by atoms with Gasteiger partial charge in [0.2, 0.25) is 0 Å². The van der Waals surface area contributed by atoms with Gasteiger partial charge in [0.1, 0.15) is 5.82 Å². The van der Waals surface area contributed by atoms with Crippen molar-refractivity contribution in [2.24, 2.45) is 5.92 Å². The molecule has 0 bridgehead atoms. The number of hydrogen-bond donors (Lipinski definition) is 3. The average molecular weight is 517 g/mol. The third-order valence-electron chi connectivity index (χ3n) is 6.84. The van der Waals surface area contributed by atoms with Gasteiger partial charge in [-0.3, -0.25) is 0 Å². The molecule has 3 heterocycles. The van der Waals surface area contributed by atoms with Gasteiger partial charge in [0, 0.05) is 50.7 Å². The molecule has 2 aliphatic rings. The van der Waals surface area contributed by atoms with Crippen LogP contribution in [0.5, 0.6) is 0 Å². The highest BCUT2D eigenvalue weighted by Gasteiger charge is 2.23. The first-order valence-corrected chi connectivity index (χ1v) is 13.0. The highest BCUT2D eigenvalue weighted by Crippen LogP contribution is 2.31. The molecule has 1 aliphatic carbocycles. The van der Waals surface area contributed by atoms with E-state index in [1.807, 2.05) is 6.07 Å². The second-order valence-corrected chi connectivity index (χ2v) is 9.85. The monoisotopic (exact) mass is 516 g/mol. The van der Waals surface area contributed by atoms with Crippen molar-refractivity contribution in [1.29, 1.82) is 5.26 Å². The summed E-state index contributed by atoms with van der Waals surface area (Å²) in [6.45, 7) is 2.51. The highest BCUT2D eigenvalue weighted by atomic mass is 35.5. The van der Waals surface area contributed by atoms with Crippen molar-refractivity contribution in [2.75, 3.05) is 44.0 Å². The summed E-state index contributed by atoms with van der Waals surface area (Å²) < 4.78 is 25.3. The van der Waals surface area contributed by atoms with Gasteiger partial charge >= 0.3 is 0 Å². The van der Waals surface area contributed by atoms with Gasteiger partial charge in [-0.1, -0.05) is 11.6 Å². The fraction of sp³-hybridized carbons (Fsp3) is 0.577. The predicted molar refractivity (Wildman–Crippen MR) is 139 cm³/mol. The SMILES string of the molecule is COCCNC1CCC(Nc2cc(-c3ccc(F)c(NCC4CC(C#N)CCO4)n3)c(Cl)cn2)CC1. The summed E-state index contributed by atoms with van der Waals surface area (Å²) in [6.07, 6.45) is 7.09. The summed E-state index contributed by atoms with van der Waals surface area (Å²) in [5.41, 5.74) is 1.24. The molecule has 0 aromatic carbocycles. The summed E-state index contributed by atoms with van der Waals surface area (Å²) in [7, 11) is 1.72. The van der Waals surface area contributed by atoms with Gasteiger partial charge in [-0.2, -0.15) is 5.26 Å². The van der Waals surface area contributed by atoms with E-state index in [0.29, 0.717) is 47.9 Å². The van der Waals surface area contributed by atoms with Crippen LogP contribution in [0.3, 0.4) is 0 Å². The smallest absolute Gasteiger partial charge is 0.165 e. The third kappa shape index (κ3) is 7.26. The highest BCUT2D eigenvalue weighted by molar-refractivity contribution is 6.33. The van der Waals surface area contributed by atoms with Crippen LogP contribution in [0.25, 0.3) is 11.3 Å². The molecule has 2 atom stereocenters. The number of methoxy groups -OCH3 is 1. The number of anilines is 2. The molecular formula is C26H34ClFN6O2. The predicted octanol–water partition coefficient (Wildman–Crippen LogP) is 4.63. The number of rotatable bonds is 10. The number of nitrogens with zero attached hydrogens (tertiary/aromatic N) is 3. The Hall–Kier alpha value is -2.51. The lowest BCUT2D eigenvalue weighted by molar-refractivity contribution is 0.0104. The molecule has 1 saturated heterocycles. The van der Waals surface area contributed by atoms with Crippen molar-refractivity contribution in [3.8, 4) is 17.3 Å². The molecule has 10 heteroatoms. The lowest BCUT2D eigenvalue weighted by Gasteiger charge is -2.30. The van der Waals surface area contributed by atoms with Crippen LogP contribution in [0.1, 0.15) is 38.5 Å². The van der Waals surface area contributed by atoms with Crippen LogP contribution in [-0.2, 0) is 9.47 Å². The van der Waals surface area contributed by atoms with Crippen LogP contribution in [0.4, 0.5) is 16.0 Å². The van der Waals surface area contributed by atoms with Gasteiger partial charge in [0.25, 0.3) is 0 Å². The molecule has 2 fully saturated rings. The van der Waals surface area contributed by atoms with Crippen LogP contribution in [0.2, 0.25) is 5.02 Å². The van der Waals surface area contributed by atoms with E-state index in [2.05, 4.69) is 32.0 Å². The van der Waals surface area contributed by atoms with E-state index in [9.17, 15) is 9.65 Å². The second-order valence-electron chi connectivity index (χ2n) is 9.44. The summed E-state index contributed by atoms with van der Waals surface area (Å²) in [5, 5.41) is 19.7. The first-order chi connectivity index (χ1) is 17.6. The number of ether oxygens (including phenoxy) is 2. The number of nitrogens with one attached hydrogen (secondary N) is 3. The Morgan fingerprint density at radius 2 is 2.03 bits per heavy atom. The molecule has 8 nitrogen and oxygen atoms in total. The molecule has 3 N–H and O–H groups in total. The number of aromatic nitrogens is 2. The van der Waals surface area contributed by atoms with Crippen LogP contribution >= 0.6 is 11.6 Å². The van der Waals surface area contributed by atoms with Gasteiger partial charge in [0.05, 0.1) is 35.4 Å². The molecule has 1 aliphatic heterocycles. The quantitative estimate of drug-likeness (QED) is 0.393. The van der Waals surface area contributed by atoms with Crippen LogP contribution in [0.15, 0.2) is 24.4 Å². The summed E-state index contributed by atoms with van der Waals surface area (Å²) in [4.78, 5) is 8.95. The molecule has 0 amide bonds. The molecule has 1 saturated carbocycles. The first kappa shape index (κ1) is 26.6. The number of nitriles is 1. The van der Waals surface area contributed by atoms with Gasteiger partial charge in [-0.25, -0.2) is 14.4 Å². The molecule has 2 unspecified atom stereocenters. The van der Waals surface area contributed by atoms with Gasteiger partial charge in [-0.05, 0) is 56.7 Å². The average Bonchev–Trinajstić information content (AvgIpc) is 2.90. The van der Waals surface area contributed by atoms with E-state index < -0.39 is 5.82 Å². The van der Waals surface area contributed by atoms with Crippen LogP contribution in [0, 0.1) is 23.1 Å². The zero-order valence-electron chi connectivity index (χ0n) is 20.6. The second kappa shape index (κ2) is 13.2. The topological polar surface area (TPSA) is 104 Å². The first-order valence-electron chi connectivity index (χ1n) is 12.6. The molecule has 194 valence electrons. The van der Waals surface area contributed by atoms with Crippen molar-refractivity contribution in [2.45, 2.75) is 56.7 Å². The van der Waals surface area contributed by atoms with Gasteiger partial charge in [-0.15, -0.1) is 0 Å². The fourth-order valence-corrected chi connectivity index (χ4v) is 5.00. The van der Waals surface area contributed by atoms with Crippen molar-refractivity contribution in [3.05, 3.63) is 35.2 Å². The fourth-order valence-electron chi connectivity index (χ4n) is 4.80. The van der Waals surface area contributed by atoms with E-state index in [4.69, 9.17) is 21.1 Å². The Morgan fingerprint density at radius 1 is 1.22 bits per heavy atom. The number of halogens is 2. The van der Waals surface area contributed by atoms with Crippen molar-refractivity contribution in [1.82, 2.24) is 15.3 Å². The Balaban J connectivity index is 1.38. The summed E-state index contributed by atoms with van der Waals surface area (Å²) >= 11 is 6.46. The maximum absolute atomic E-state index is 14.5. The van der Waals surface area contributed by atoms with Crippen molar-refractivity contribution in [3.63, 3.8) is 0 Å². The molecule has 4 rings (SSSR count). The van der Waals surface area contributed by atoms with E-state index >= 15 is 0 Å². The zero-order valence-corrected chi connectivity index (χ0v) is 21.4. The molecule has 0 radical (unpaired) electrons. The third-order valence-corrected chi connectivity index (χ3v) is 7.14. The Kier molecular flexibility index (Phi) is 9.70. The normalized spacial score (nSPS) is 24.2. The van der Waals surface area contributed by atoms with E-state index in [0.717, 1.165) is 51.1 Å². The number of hydrogen-bond acceptors (Lipinski definition) is 8. The van der Waals surface area contributed by atoms with Crippen LogP contribution < -0.4 is 16.0 Å². The molecular weight excluding hydrogens is 483 g/mol. The lowest BCUT2D eigenvalue weighted by Crippen LogP contribution is -2.38. The minimum Gasteiger partial charge on any atom is -0.383 e.